The average Bonchev–Trinajstić information content (AvgIpc) is 2.42. The van der Waals surface area contributed by atoms with E-state index in [4.69, 9.17) is 4.74 Å². The van der Waals surface area contributed by atoms with E-state index in [2.05, 4.69) is 34.9 Å². The second-order valence-corrected chi connectivity index (χ2v) is 5.95. The minimum atomic E-state index is -0.0571. The second kappa shape index (κ2) is 8.42. The van der Waals surface area contributed by atoms with Crippen molar-refractivity contribution in [3.8, 4) is 0 Å². The van der Waals surface area contributed by atoms with Crippen LogP contribution in [-0.2, 0) is 11.3 Å². The van der Waals surface area contributed by atoms with Crippen LogP contribution in [0.3, 0.4) is 0 Å². The maximum Gasteiger partial charge on any atom is 0.268 e. The van der Waals surface area contributed by atoms with Crippen molar-refractivity contribution in [3.05, 3.63) is 22.6 Å². The summed E-state index contributed by atoms with van der Waals surface area (Å²) in [6.07, 6.45) is 1.74. The Morgan fingerprint density at radius 3 is 2.70 bits per heavy atom. The van der Waals surface area contributed by atoms with Gasteiger partial charge in [0.1, 0.15) is 0 Å². The molecular weight excluding hydrogens is 322 g/mol. The van der Waals surface area contributed by atoms with Crippen LogP contribution in [-0.4, -0.2) is 42.4 Å². The quantitative estimate of drug-likeness (QED) is 0.676. The van der Waals surface area contributed by atoms with Crippen LogP contribution in [0.25, 0.3) is 0 Å². The van der Waals surface area contributed by atoms with Gasteiger partial charge in [0.05, 0.1) is 18.5 Å². The topological polar surface area (TPSA) is 47.4 Å². The average molecular weight is 346 g/mol. The molecule has 1 heterocycles. The van der Waals surface area contributed by atoms with Gasteiger partial charge in [-0.05, 0) is 11.8 Å². The SMILES string of the molecule is COCCN(C)c1cnn(CC(CBr)C(C)C)c(=O)c1. The fourth-order valence-corrected chi connectivity index (χ4v) is 2.74. The van der Waals surface area contributed by atoms with E-state index in [-0.39, 0.29) is 5.56 Å². The summed E-state index contributed by atoms with van der Waals surface area (Å²) < 4.78 is 6.57. The number of nitrogens with zero attached hydrogens (tertiary/aromatic N) is 3. The summed E-state index contributed by atoms with van der Waals surface area (Å²) in [6, 6.07) is 1.63. The molecule has 0 spiro atoms. The molecule has 1 rings (SSSR count). The number of methoxy groups -OCH3 is 1. The molecule has 0 aromatic carbocycles. The number of anilines is 1. The highest BCUT2D eigenvalue weighted by Gasteiger charge is 2.14. The van der Waals surface area contributed by atoms with Crippen molar-refractivity contribution in [1.29, 1.82) is 0 Å². The lowest BCUT2D eigenvalue weighted by Crippen LogP contribution is -2.30. The molecule has 20 heavy (non-hydrogen) atoms. The van der Waals surface area contributed by atoms with Gasteiger partial charge in [0.15, 0.2) is 0 Å². The molecule has 1 unspecified atom stereocenters. The van der Waals surface area contributed by atoms with E-state index in [9.17, 15) is 4.79 Å². The summed E-state index contributed by atoms with van der Waals surface area (Å²) in [5.41, 5.74) is 0.765. The number of alkyl halides is 1. The molecule has 1 atom stereocenters. The van der Waals surface area contributed by atoms with Crippen molar-refractivity contribution in [1.82, 2.24) is 9.78 Å². The van der Waals surface area contributed by atoms with Crippen LogP contribution < -0.4 is 10.5 Å². The van der Waals surface area contributed by atoms with Crippen molar-refractivity contribution < 1.29 is 4.74 Å². The molecule has 0 radical (unpaired) electrons. The van der Waals surface area contributed by atoms with Crippen LogP contribution in [0.15, 0.2) is 17.1 Å². The van der Waals surface area contributed by atoms with Gasteiger partial charge in [-0.3, -0.25) is 4.79 Å². The van der Waals surface area contributed by atoms with Gasteiger partial charge in [0.25, 0.3) is 5.56 Å². The van der Waals surface area contributed by atoms with E-state index in [1.807, 2.05) is 11.9 Å². The molecule has 0 N–H and O–H groups in total. The molecule has 1 aromatic heterocycles. The Morgan fingerprint density at radius 2 is 2.20 bits per heavy atom. The standard InChI is InChI=1S/C14H24BrN3O2/c1-11(2)12(8-15)10-18-14(19)7-13(9-16-18)17(3)5-6-20-4/h7,9,11-12H,5-6,8,10H2,1-4H3. The number of rotatable bonds is 8. The number of hydrogen-bond donors (Lipinski definition) is 0. The zero-order valence-corrected chi connectivity index (χ0v) is 14.3. The van der Waals surface area contributed by atoms with E-state index < -0.39 is 0 Å². The van der Waals surface area contributed by atoms with Crippen LogP contribution in [0.2, 0.25) is 0 Å². The molecular formula is C14H24BrN3O2. The predicted molar refractivity (Wildman–Crippen MR) is 85.8 cm³/mol. The molecule has 0 aliphatic rings. The van der Waals surface area contributed by atoms with Crippen molar-refractivity contribution in [2.24, 2.45) is 11.8 Å². The first kappa shape index (κ1) is 17.2. The van der Waals surface area contributed by atoms with Gasteiger partial charge < -0.3 is 9.64 Å². The first-order chi connectivity index (χ1) is 9.49. The molecule has 0 aliphatic carbocycles. The lowest BCUT2D eigenvalue weighted by molar-refractivity contribution is 0.206. The first-order valence-corrected chi connectivity index (χ1v) is 7.95. The highest BCUT2D eigenvalue weighted by molar-refractivity contribution is 9.09. The molecule has 0 saturated heterocycles. The van der Waals surface area contributed by atoms with Crippen molar-refractivity contribution in [2.45, 2.75) is 20.4 Å². The number of ether oxygens (including phenoxy) is 1. The third kappa shape index (κ3) is 4.90. The normalized spacial score (nSPS) is 12.7. The Morgan fingerprint density at radius 1 is 1.50 bits per heavy atom. The molecule has 0 bridgehead atoms. The Bertz CT molecular complexity index is 462. The van der Waals surface area contributed by atoms with E-state index in [0.29, 0.717) is 25.0 Å². The molecule has 0 aliphatic heterocycles. The molecule has 0 saturated carbocycles. The number of hydrogen-bond acceptors (Lipinski definition) is 4. The lowest BCUT2D eigenvalue weighted by Gasteiger charge is -2.20. The number of aromatic nitrogens is 2. The van der Waals surface area contributed by atoms with Crippen LogP contribution in [0.4, 0.5) is 5.69 Å². The Kier molecular flexibility index (Phi) is 7.23. The van der Waals surface area contributed by atoms with Crippen molar-refractivity contribution >= 4 is 21.6 Å². The minimum Gasteiger partial charge on any atom is -0.383 e. The highest BCUT2D eigenvalue weighted by atomic mass is 79.9. The minimum absolute atomic E-state index is 0.0571. The molecule has 5 nitrogen and oxygen atoms in total. The predicted octanol–water partition coefficient (Wildman–Crippen LogP) is 1.99. The van der Waals surface area contributed by atoms with Gasteiger partial charge in [0, 0.05) is 38.6 Å². The summed E-state index contributed by atoms with van der Waals surface area (Å²) in [4.78, 5) is 14.1. The summed E-state index contributed by atoms with van der Waals surface area (Å²) in [7, 11) is 3.59. The fourth-order valence-electron chi connectivity index (χ4n) is 1.79. The van der Waals surface area contributed by atoms with Crippen LogP contribution >= 0.6 is 15.9 Å². The molecule has 1 aromatic rings. The van der Waals surface area contributed by atoms with E-state index in [1.54, 1.807) is 24.1 Å². The van der Waals surface area contributed by atoms with Gasteiger partial charge in [-0.25, -0.2) is 4.68 Å². The Balaban J connectivity index is 2.80. The van der Waals surface area contributed by atoms with E-state index in [1.165, 1.54) is 0 Å². The highest BCUT2D eigenvalue weighted by Crippen LogP contribution is 2.15. The Hall–Kier alpha value is -0.880. The number of likely N-dealkylation sites (N-methyl/N-ethyl adjacent to an activating group) is 1. The lowest BCUT2D eigenvalue weighted by atomic mass is 9.98. The van der Waals surface area contributed by atoms with E-state index in [0.717, 1.165) is 17.6 Å². The smallest absolute Gasteiger partial charge is 0.268 e. The molecule has 114 valence electrons. The summed E-state index contributed by atoms with van der Waals surface area (Å²) in [6.45, 7) is 6.31. The summed E-state index contributed by atoms with van der Waals surface area (Å²) in [5.74, 6) is 0.907. The second-order valence-electron chi connectivity index (χ2n) is 5.31. The molecule has 0 fully saturated rings. The zero-order valence-electron chi connectivity index (χ0n) is 12.7. The largest absolute Gasteiger partial charge is 0.383 e. The third-order valence-corrected chi connectivity index (χ3v) is 4.31. The van der Waals surface area contributed by atoms with Crippen LogP contribution in [0.1, 0.15) is 13.8 Å². The van der Waals surface area contributed by atoms with Gasteiger partial charge in [0.2, 0.25) is 0 Å². The fraction of sp³-hybridized carbons (Fsp3) is 0.714. The van der Waals surface area contributed by atoms with Crippen LogP contribution in [0, 0.1) is 11.8 Å². The third-order valence-electron chi connectivity index (χ3n) is 3.48. The number of halogens is 1. The van der Waals surface area contributed by atoms with Gasteiger partial charge >= 0.3 is 0 Å². The van der Waals surface area contributed by atoms with Crippen molar-refractivity contribution in [2.75, 3.05) is 37.5 Å². The van der Waals surface area contributed by atoms with Crippen molar-refractivity contribution in [3.63, 3.8) is 0 Å². The van der Waals surface area contributed by atoms with E-state index >= 15 is 0 Å². The van der Waals surface area contributed by atoms with Crippen LogP contribution in [0.5, 0.6) is 0 Å². The maximum absolute atomic E-state index is 12.1. The Labute approximate surface area is 129 Å². The van der Waals surface area contributed by atoms with Gasteiger partial charge in [-0.2, -0.15) is 5.10 Å². The van der Waals surface area contributed by atoms with Gasteiger partial charge in [-0.1, -0.05) is 29.8 Å². The molecule has 0 amide bonds. The molecule has 6 heteroatoms. The summed E-state index contributed by atoms with van der Waals surface area (Å²) in [5, 5.41) is 5.15. The van der Waals surface area contributed by atoms with Gasteiger partial charge in [-0.15, -0.1) is 0 Å². The zero-order chi connectivity index (χ0) is 15.1. The summed E-state index contributed by atoms with van der Waals surface area (Å²) >= 11 is 3.50. The monoisotopic (exact) mass is 345 g/mol. The maximum atomic E-state index is 12.1. The first-order valence-electron chi connectivity index (χ1n) is 6.82.